The molecule has 0 aliphatic rings. The predicted molar refractivity (Wildman–Crippen MR) is 165 cm³/mol. The van der Waals surface area contributed by atoms with Crippen molar-refractivity contribution >= 4 is 27.8 Å². The number of aliphatic hydroxyl groups is 1. The number of para-hydroxylation sites is 1. The predicted octanol–water partition coefficient (Wildman–Crippen LogP) is 5.99. The summed E-state index contributed by atoms with van der Waals surface area (Å²) in [6.07, 6.45) is 3.88. The summed E-state index contributed by atoms with van der Waals surface area (Å²) < 4.78 is 34.6. The van der Waals surface area contributed by atoms with E-state index in [2.05, 4.69) is 0 Å². The number of aliphatic carboxylic acids is 1. The summed E-state index contributed by atoms with van der Waals surface area (Å²) >= 11 is 0. The molecule has 7 nitrogen and oxygen atoms in total. The maximum absolute atomic E-state index is 13.7. The van der Waals surface area contributed by atoms with Crippen LogP contribution in [0.3, 0.4) is 0 Å². The van der Waals surface area contributed by atoms with Gasteiger partial charge in [-0.3, -0.25) is 9.10 Å². The number of carboxylic acids is 1. The second-order valence-electron chi connectivity index (χ2n) is 9.79. The van der Waals surface area contributed by atoms with E-state index >= 15 is 0 Å². The van der Waals surface area contributed by atoms with Gasteiger partial charge in [0, 0.05) is 19.4 Å². The summed E-state index contributed by atoms with van der Waals surface area (Å²) in [6, 6.07) is 32.7. The van der Waals surface area contributed by atoms with Crippen molar-refractivity contribution in [3.05, 3.63) is 132 Å². The molecule has 0 heterocycles. The van der Waals surface area contributed by atoms with E-state index in [1.807, 2.05) is 54.6 Å². The van der Waals surface area contributed by atoms with Crippen molar-refractivity contribution in [1.29, 1.82) is 0 Å². The summed E-state index contributed by atoms with van der Waals surface area (Å²) in [5, 5.41) is 19.5. The van der Waals surface area contributed by atoms with E-state index in [1.165, 1.54) is 4.31 Å². The Bertz CT molecular complexity index is 1570. The van der Waals surface area contributed by atoms with Crippen molar-refractivity contribution < 1.29 is 28.2 Å². The highest BCUT2D eigenvalue weighted by Crippen LogP contribution is 2.26. The van der Waals surface area contributed by atoms with E-state index in [1.54, 1.807) is 66.7 Å². The maximum Gasteiger partial charge on any atom is 0.303 e. The SMILES string of the molecule is O=C(O)CCc1ccccc1OCC[C@@H](O)/C=C/c1cccc(N(CCc2ccccc2)S(=O)(=O)c2ccccc2)c1. The van der Waals surface area contributed by atoms with Crippen LogP contribution in [0.25, 0.3) is 6.08 Å². The minimum Gasteiger partial charge on any atom is -0.493 e. The number of hydrogen-bond acceptors (Lipinski definition) is 5. The number of ether oxygens (including phenoxy) is 1. The molecule has 0 amide bonds. The normalized spacial score (nSPS) is 12.2. The number of nitrogens with zero attached hydrogens (tertiary/aromatic N) is 1. The first-order chi connectivity index (χ1) is 20.3. The number of rotatable bonds is 15. The zero-order chi connectivity index (χ0) is 29.8. The third-order valence-corrected chi connectivity index (χ3v) is 8.54. The molecular formula is C34H35NO6S. The van der Waals surface area contributed by atoms with Gasteiger partial charge in [0.15, 0.2) is 0 Å². The molecule has 4 rings (SSSR count). The van der Waals surface area contributed by atoms with Gasteiger partial charge in [-0.2, -0.15) is 0 Å². The monoisotopic (exact) mass is 585 g/mol. The zero-order valence-corrected chi connectivity index (χ0v) is 24.1. The summed E-state index contributed by atoms with van der Waals surface area (Å²) in [7, 11) is -3.81. The van der Waals surface area contributed by atoms with Crippen molar-refractivity contribution in [1.82, 2.24) is 0 Å². The Hall–Kier alpha value is -4.40. The molecule has 8 heteroatoms. The fourth-order valence-electron chi connectivity index (χ4n) is 4.47. The van der Waals surface area contributed by atoms with Crippen LogP contribution in [-0.2, 0) is 27.7 Å². The Morgan fingerprint density at radius 1 is 0.857 bits per heavy atom. The highest BCUT2D eigenvalue weighted by Gasteiger charge is 2.24. The molecule has 0 aliphatic carbocycles. The molecule has 0 unspecified atom stereocenters. The lowest BCUT2D eigenvalue weighted by molar-refractivity contribution is -0.136. The molecular weight excluding hydrogens is 550 g/mol. The van der Waals surface area contributed by atoms with Crippen LogP contribution in [0.15, 0.2) is 120 Å². The number of carbonyl (C=O) groups is 1. The third kappa shape index (κ3) is 8.80. The first-order valence-corrected chi connectivity index (χ1v) is 15.3. The number of sulfonamides is 1. The van der Waals surface area contributed by atoms with E-state index in [9.17, 15) is 18.3 Å². The number of anilines is 1. The van der Waals surface area contributed by atoms with E-state index in [0.29, 0.717) is 30.7 Å². The van der Waals surface area contributed by atoms with Gasteiger partial charge < -0.3 is 14.9 Å². The highest BCUT2D eigenvalue weighted by molar-refractivity contribution is 7.92. The molecule has 0 fully saturated rings. The van der Waals surface area contributed by atoms with Gasteiger partial charge in [0.2, 0.25) is 0 Å². The second-order valence-corrected chi connectivity index (χ2v) is 11.6. The Morgan fingerprint density at radius 2 is 1.55 bits per heavy atom. The largest absolute Gasteiger partial charge is 0.493 e. The Balaban J connectivity index is 1.44. The number of carboxylic acid groups (broad SMARTS) is 1. The molecule has 4 aromatic rings. The van der Waals surface area contributed by atoms with E-state index < -0.39 is 22.1 Å². The van der Waals surface area contributed by atoms with Gasteiger partial charge in [0.1, 0.15) is 5.75 Å². The maximum atomic E-state index is 13.7. The first-order valence-electron chi connectivity index (χ1n) is 13.8. The molecule has 2 N–H and O–H groups in total. The molecule has 1 atom stereocenters. The van der Waals surface area contributed by atoms with Crippen LogP contribution in [0.1, 0.15) is 29.5 Å². The number of hydrogen-bond donors (Lipinski definition) is 2. The van der Waals surface area contributed by atoms with Crippen LogP contribution in [0.4, 0.5) is 5.69 Å². The molecule has 42 heavy (non-hydrogen) atoms. The second kappa shape index (κ2) is 15.0. The van der Waals surface area contributed by atoms with Crippen LogP contribution >= 0.6 is 0 Å². The van der Waals surface area contributed by atoms with E-state index in [-0.39, 0.29) is 24.5 Å². The lowest BCUT2D eigenvalue weighted by Gasteiger charge is -2.25. The molecule has 0 saturated heterocycles. The van der Waals surface area contributed by atoms with Crippen LogP contribution in [0.5, 0.6) is 5.75 Å². The van der Waals surface area contributed by atoms with Crippen molar-refractivity contribution in [3.8, 4) is 5.75 Å². The summed E-state index contributed by atoms with van der Waals surface area (Å²) in [4.78, 5) is 11.1. The molecule has 0 aromatic heterocycles. The van der Waals surface area contributed by atoms with Gasteiger partial charge in [-0.05, 0) is 59.9 Å². The molecule has 0 spiro atoms. The fraction of sp³-hybridized carbons (Fsp3) is 0.206. The van der Waals surface area contributed by atoms with Gasteiger partial charge in [-0.15, -0.1) is 0 Å². The van der Waals surface area contributed by atoms with E-state index in [0.717, 1.165) is 16.7 Å². The molecule has 0 aliphatic heterocycles. The standard InChI is InChI=1S/C34H35NO6S/c36-31(23-25-41-33-17-8-7-13-29(33)19-21-34(37)38)20-18-28-12-9-14-30(26-28)35(24-22-27-10-3-1-4-11-27)42(39,40)32-15-5-2-6-16-32/h1-18,20,26,31,36H,19,21-25H2,(H,37,38)/b20-18+/t31-/m0/s1. The van der Waals surface area contributed by atoms with Gasteiger partial charge >= 0.3 is 5.97 Å². The summed E-state index contributed by atoms with van der Waals surface area (Å²) in [5.41, 5.74) is 3.13. The Kier molecular flexibility index (Phi) is 10.9. The Labute approximate surface area is 247 Å². The van der Waals surface area contributed by atoms with Crippen molar-refractivity contribution in [2.45, 2.75) is 36.7 Å². The zero-order valence-electron chi connectivity index (χ0n) is 23.2. The summed E-state index contributed by atoms with van der Waals surface area (Å²) in [6.45, 7) is 0.514. The topological polar surface area (TPSA) is 104 Å². The van der Waals surface area contributed by atoms with E-state index in [4.69, 9.17) is 9.84 Å². The van der Waals surface area contributed by atoms with Crippen molar-refractivity contribution in [2.75, 3.05) is 17.5 Å². The highest BCUT2D eigenvalue weighted by atomic mass is 32.2. The van der Waals surface area contributed by atoms with Gasteiger partial charge in [-0.1, -0.05) is 91.0 Å². The number of aryl methyl sites for hydroxylation is 1. The molecule has 218 valence electrons. The first kappa shape index (κ1) is 30.6. The van der Waals surface area contributed by atoms with Crippen LogP contribution in [0, 0.1) is 0 Å². The van der Waals surface area contributed by atoms with Crippen LogP contribution in [-0.4, -0.2) is 43.9 Å². The van der Waals surface area contributed by atoms with Crippen molar-refractivity contribution in [3.63, 3.8) is 0 Å². The van der Waals surface area contributed by atoms with Crippen molar-refractivity contribution in [2.24, 2.45) is 0 Å². The lowest BCUT2D eigenvalue weighted by atomic mass is 10.1. The third-order valence-electron chi connectivity index (χ3n) is 6.70. The van der Waals surface area contributed by atoms with Crippen LogP contribution < -0.4 is 9.04 Å². The van der Waals surface area contributed by atoms with Gasteiger partial charge in [-0.25, -0.2) is 8.42 Å². The molecule has 4 aromatic carbocycles. The minimum absolute atomic E-state index is 0.0150. The smallest absolute Gasteiger partial charge is 0.303 e. The number of benzene rings is 4. The average Bonchev–Trinajstić information content (AvgIpc) is 3.01. The molecule has 0 radical (unpaired) electrons. The number of aliphatic hydroxyl groups excluding tert-OH is 1. The molecule has 0 bridgehead atoms. The lowest BCUT2D eigenvalue weighted by Crippen LogP contribution is -2.33. The van der Waals surface area contributed by atoms with Crippen LogP contribution in [0.2, 0.25) is 0 Å². The summed E-state index contributed by atoms with van der Waals surface area (Å²) in [5.74, 6) is -0.260. The quantitative estimate of drug-likeness (QED) is 0.178. The molecule has 0 saturated carbocycles. The van der Waals surface area contributed by atoms with Gasteiger partial charge in [0.25, 0.3) is 10.0 Å². The minimum atomic E-state index is -3.81. The fourth-order valence-corrected chi connectivity index (χ4v) is 5.95. The Morgan fingerprint density at radius 3 is 2.29 bits per heavy atom. The van der Waals surface area contributed by atoms with Gasteiger partial charge in [0.05, 0.1) is 23.3 Å². The average molecular weight is 586 g/mol.